The number of unbranched alkanes of at least 4 members (excludes halogenated alkanes) is 4. The summed E-state index contributed by atoms with van der Waals surface area (Å²) in [6.45, 7) is 6.10. The van der Waals surface area contributed by atoms with Crippen LogP contribution < -0.4 is 4.72 Å². The molecule has 4 nitrogen and oxygen atoms in total. The van der Waals surface area contributed by atoms with Crippen LogP contribution in [0.15, 0.2) is 0 Å². The van der Waals surface area contributed by atoms with E-state index in [1.165, 1.54) is 0 Å². The van der Waals surface area contributed by atoms with E-state index in [0.717, 1.165) is 57.6 Å². The van der Waals surface area contributed by atoms with E-state index in [-0.39, 0.29) is 5.91 Å². The minimum atomic E-state index is -3.47. The standard InChI is InChI=1S/C14H29NO3S/c1-5-7-9-10-12-14(3,11-8-6-2)13(16)15-19(4,17)18/h5-12H2,1-4H3,(H,15,16). The summed E-state index contributed by atoms with van der Waals surface area (Å²) in [5.41, 5.74) is -0.563. The van der Waals surface area contributed by atoms with Gasteiger partial charge in [-0.2, -0.15) is 0 Å². The molecule has 0 aromatic heterocycles. The van der Waals surface area contributed by atoms with Crippen LogP contribution in [0.1, 0.15) is 72.1 Å². The van der Waals surface area contributed by atoms with Crippen LogP contribution in [0.25, 0.3) is 0 Å². The van der Waals surface area contributed by atoms with Crippen LogP contribution in [0, 0.1) is 5.41 Å². The van der Waals surface area contributed by atoms with Gasteiger partial charge in [-0.15, -0.1) is 0 Å². The first-order chi connectivity index (χ1) is 8.75. The summed E-state index contributed by atoms with van der Waals surface area (Å²) in [6.07, 6.45) is 8.89. The third-order valence-electron chi connectivity index (χ3n) is 3.49. The van der Waals surface area contributed by atoms with E-state index in [1.54, 1.807) is 0 Å². The largest absolute Gasteiger partial charge is 0.273 e. The predicted octanol–water partition coefficient (Wildman–Crippen LogP) is 3.23. The molecule has 0 aliphatic rings. The maximum Gasteiger partial charge on any atom is 0.239 e. The van der Waals surface area contributed by atoms with Crippen molar-refractivity contribution in [2.45, 2.75) is 72.1 Å². The van der Waals surface area contributed by atoms with Gasteiger partial charge >= 0.3 is 0 Å². The highest BCUT2D eigenvalue weighted by molar-refractivity contribution is 7.89. The molecule has 1 atom stereocenters. The zero-order valence-corrected chi connectivity index (χ0v) is 13.6. The summed E-state index contributed by atoms with van der Waals surface area (Å²) in [5, 5.41) is 0. The summed E-state index contributed by atoms with van der Waals surface area (Å²) < 4.78 is 24.6. The number of hydrogen-bond donors (Lipinski definition) is 1. The first-order valence-electron chi connectivity index (χ1n) is 7.27. The Hall–Kier alpha value is -0.580. The van der Waals surface area contributed by atoms with Gasteiger partial charge in [0.1, 0.15) is 0 Å². The fraction of sp³-hybridized carbons (Fsp3) is 0.929. The average molecular weight is 291 g/mol. The van der Waals surface area contributed by atoms with Crippen molar-refractivity contribution in [3.8, 4) is 0 Å². The second-order valence-electron chi connectivity index (χ2n) is 5.68. The molecular formula is C14H29NO3S. The summed E-state index contributed by atoms with van der Waals surface area (Å²) in [4.78, 5) is 12.2. The summed E-state index contributed by atoms with van der Waals surface area (Å²) in [5.74, 6) is -0.347. The number of amides is 1. The van der Waals surface area contributed by atoms with Gasteiger partial charge in [-0.3, -0.25) is 9.52 Å². The Kier molecular flexibility index (Phi) is 8.30. The van der Waals surface area contributed by atoms with Crippen molar-refractivity contribution in [1.29, 1.82) is 0 Å². The molecule has 1 unspecified atom stereocenters. The van der Waals surface area contributed by atoms with E-state index in [4.69, 9.17) is 0 Å². The van der Waals surface area contributed by atoms with E-state index in [1.807, 2.05) is 6.92 Å². The molecule has 0 saturated carbocycles. The summed E-state index contributed by atoms with van der Waals surface area (Å²) in [6, 6.07) is 0. The van der Waals surface area contributed by atoms with Crippen molar-refractivity contribution in [3.63, 3.8) is 0 Å². The topological polar surface area (TPSA) is 63.2 Å². The first kappa shape index (κ1) is 18.4. The molecule has 0 radical (unpaired) electrons. The van der Waals surface area contributed by atoms with Crippen LogP contribution in [-0.4, -0.2) is 20.6 Å². The van der Waals surface area contributed by atoms with E-state index >= 15 is 0 Å². The monoisotopic (exact) mass is 291 g/mol. The van der Waals surface area contributed by atoms with Crippen LogP contribution in [0.2, 0.25) is 0 Å². The Morgan fingerprint density at radius 3 is 2.00 bits per heavy atom. The molecule has 0 bridgehead atoms. The predicted molar refractivity (Wildman–Crippen MR) is 79.4 cm³/mol. The second-order valence-corrected chi connectivity index (χ2v) is 7.43. The Labute approximate surface area is 118 Å². The molecule has 1 amide bonds. The SMILES string of the molecule is CCCCCCC(C)(CCCC)C(=O)NS(C)(=O)=O. The molecule has 114 valence electrons. The van der Waals surface area contributed by atoms with Gasteiger partial charge in [0.25, 0.3) is 0 Å². The smallest absolute Gasteiger partial charge is 0.239 e. The fourth-order valence-electron chi connectivity index (χ4n) is 2.15. The molecule has 0 aromatic rings. The Morgan fingerprint density at radius 1 is 1.00 bits per heavy atom. The molecule has 0 rings (SSSR count). The first-order valence-corrected chi connectivity index (χ1v) is 9.16. The third kappa shape index (κ3) is 8.24. The Balaban J connectivity index is 4.60. The Bertz CT molecular complexity index is 365. The lowest BCUT2D eigenvalue weighted by Gasteiger charge is -2.28. The van der Waals surface area contributed by atoms with Gasteiger partial charge in [0, 0.05) is 5.41 Å². The van der Waals surface area contributed by atoms with Crippen molar-refractivity contribution < 1.29 is 13.2 Å². The number of nitrogens with one attached hydrogen (secondary N) is 1. The molecule has 0 fully saturated rings. The average Bonchev–Trinajstić information content (AvgIpc) is 2.30. The van der Waals surface area contributed by atoms with Gasteiger partial charge in [0.2, 0.25) is 15.9 Å². The lowest BCUT2D eigenvalue weighted by molar-refractivity contribution is -0.129. The van der Waals surface area contributed by atoms with Crippen molar-refractivity contribution in [2.24, 2.45) is 5.41 Å². The molecule has 0 aliphatic heterocycles. The van der Waals surface area contributed by atoms with E-state index in [2.05, 4.69) is 18.6 Å². The quantitative estimate of drug-likeness (QED) is 0.628. The van der Waals surface area contributed by atoms with Gasteiger partial charge in [-0.25, -0.2) is 8.42 Å². The molecule has 0 saturated heterocycles. The van der Waals surface area contributed by atoms with E-state index in [9.17, 15) is 13.2 Å². The van der Waals surface area contributed by atoms with Crippen molar-refractivity contribution >= 4 is 15.9 Å². The number of carbonyl (C=O) groups is 1. The maximum absolute atomic E-state index is 12.2. The number of rotatable bonds is 10. The molecule has 5 heteroatoms. The number of hydrogen-bond acceptors (Lipinski definition) is 3. The molecule has 0 aromatic carbocycles. The van der Waals surface area contributed by atoms with Crippen LogP contribution in [0.3, 0.4) is 0 Å². The number of carbonyl (C=O) groups excluding carboxylic acids is 1. The van der Waals surface area contributed by atoms with Gasteiger partial charge in [0.15, 0.2) is 0 Å². The molecular weight excluding hydrogens is 262 g/mol. The molecule has 0 spiro atoms. The van der Waals surface area contributed by atoms with Gasteiger partial charge in [-0.1, -0.05) is 59.3 Å². The van der Waals surface area contributed by atoms with Gasteiger partial charge < -0.3 is 0 Å². The van der Waals surface area contributed by atoms with Crippen LogP contribution in [0.4, 0.5) is 0 Å². The molecule has 1 N–H and O–H groups in total. The highest BCUT2D eigenvalue weighted by Gasteiger charge is 2.33. The van der Waals surface area contributed by atoms with Crippen molar-refractivity contribution in [3.05, 3.63) is 0 Å². The molecule has 0 aliphatic carbocycles. The van der Waals surface area contributed by atoms with E-state index in [0.29, 0.717) is 0 Å². The third-order valence-corrected chi connectivity index (χ3v) is 4.05. The summed E-state index contributed by atoms with van der Waals surface area (Å²) in [7, 11) is -3.47. The summed E-state index contributed by atoms with van der Waals surface area (Å²) >= 11 is 0. The second kappa shape index (κ2) is 8.56. The van der Waals surface area contributed by atoms with Crippen LogP contribution in [-0.2, 0) is 14.8 Å². The normalized spacial score (nSPS) is 14.9. The zero-order valence-electron chi connectivity index (χ0n) is 12.8. The van der Waals surface area contributed by atoms with Gasteiger partial charge in [-0.05, 0) is 12.8 Å². The molecule has 19 heavy (non-hydrogen) atoms. The van der Waals surface area contributed by atoms with Gasteiger partial charge in [0.05, 0.1) is 6.26 Å². The lowest BCUT2D eigenvalue weighted by Crippen LogP contribution is -2.41. The van der Waals surface area contributed by atoms with Crippen LogP contribution >= 0.6 is 0 Å². The molecule has 0 heterocycles. The highest BCUT2D eigenvalue weighted by Crippen LogP contribution is 2.31. The van der Waals surface area contributed by atoms with Crippen molar-refractivity contribution in [2.75, 3.05) is 6.26 Å². The van der Waals surface area contributed by atoms with Crippen molar-refractivity contribution in [1.82, 2.24) is 4.72 Å². The fourth-order valence-corrected chi connectivity index (χ4v) is 2.74. The van der Waals surface area contributed by atoms with Crippen LogP contribution in [0.5, 0.6) is 0 Å². The van der Waals surface area contributed by atoms with E-state index < -0.39 is 15.4 Å². The highest BCUT2D eigenvalue weighted by atomic mass is 32.2. The zero-order chi connectivity index (χ0) is 14.9. The minimum Gasteiger partial charge on any atom is -0.273 e. The number of sulfonamides is 1. The minimum absolute atomic E-state index is 0.347. The Morgan fingerprint density at radius 2 is 1.53 bits per heavy atom. The lowest BCUT2D eigenvalue weighted by atomic mass is 9.79. The maximum atomic E-state index is 12.2.